The summed E-state index contributed by atoms with van der Waals surface area (Å²) in [5.41, 5.74) is 8.90. The number of ether oxygens (including phenoxy) is 12. The molecular weight excluding hydrogens is 1810 g/mol. The fraction of sp³-hybridized carbons (Fsp3) is 0.690. The van der Waals surface area contributed by atoms with Crippen LogP contribution in [0.4, 0.5) is 5.69 Å². The number of amides is 6. The van der Waals surface area contributed by atoms with Crippen LogP contribution in [-0.2, 0) is 80.8 Å². The van der Waals surface area contributed by atoms with Crippen molar-refractivity contribution >= 4 is 123 Å². The number of aliphatic hydroxyl groups is 9. The van der Waals surface area contributed by atoms with E-state index < -0.39 is 190 Å². The van der Waals surface area contributed by atoms with Crippen LogP contribution >= 0.6 is 64.8 Å². The molecule has 19 atom stereocenters. The van der Waals surface area contributed by atoms with Crippen molar-refractivity contribution in [3.05, 3.63) is 71.1 Å². The molecule has 17 N–H and O–H groups in total. The first-order chi connectivity index (χ1) is 61.9. The number of hydrogen-bond donors (Lipinski definition) is 16. The molecule has 3 fully saturated rings. The lowest BCUT2D eigenvalue weighted by molar-refractivity contribution is -0.284. The minimum Gasteiger partial charge on any atom is -0.478 e. The van der Waals surface area contributed by atoms with Crippen LogP contribution in [-0.4, -0.2) is 403 Å². The van der Waals surface area contributed by atoms with Crippen LogP contribution in [0.25, 0.3) is 33.4 Å². The van der Waals surface area contributed by atoms with Crippen molar-refractivity contribution in [1.82, 2.24) is 36.1 Å². The number of carboxylic acids is 1. The number of anilines is 1. The normalized spacial score (nSPS) is 23.3. The van der Waals surface area contributed by atoms with Crippen molar-refractivity contribution in [1.29, 1.82) is 0 Å². The predicted molar refractivity (Wildman–Crippen MR) is 491 cm³/mol. The van der Waals surface area contributed by atoms with Crippen molar-refractivity contribution in [2.75, 3.05) is 206 Å². The van der Waals surface area contributed by atoms with Crippen LogP contribution in [0.1, 0.15) is 74.6 Å². The van der Waals surface area contributed by atoms with Crippen molar-refractivity contribution in [3.63, 3.8) is 0 Å². The highest BCUT2D eigenvalue weighted by atomic mass is 33.1. The van der Waals surface area contributed by atoms with Gasteiger partial charge in [-0.3, -0.25) is 33.7 Å². The quantitative estimate of drug-likeness (QED) is 0.0119. The molecule has 6 amide bonds. The van der Waals surface area contributed by atoms with Crippen LogP contribution in [0, 0.1) is 11.8 Å². The highest BCUT2D eigenvalue weighted by Crippen LogP contribution is 2.43. The maximum atomic E-state index is 15.1. The van der Waals surface area contributed by atoms with Crippen molar-refractivity contribution < 1.29 is 146 Å². The molecule has 39 nitrogen and oxygen atoms in total. The Hall–Kier alpha value is -5.56. The second-order valence-corrected chi connectivity index (χ2v) is 39.3. The lowest BCUT2D eigenvalue weighted by atomic mass is 9.89. The zero-order valence-electron chi connectivity index (χ0n) is 74.4. The van der Waals surface area contributed by atoms with E-state index in [4.69, 9.17) is 67.0 Å². The maximum absolute atomic E-state index is 15.1. The lowest BCUT2D eigenvalue weighted by Crippen LogP contribution is -2.64. The first-order valence-electron chi connectivity index (χ1n) is 42.8. The van der Waals surface area contributed by atoms with Crippen LogP contribution in [0.3, 0.4) is 0 Å². The predicted octanol–water partition coefficient (Wildman–Crippen LogP) is -0.0617. The summed E-state index contributed by atoms with van der Waals surface area (Å²) in [5, 5.41) is 117. The summed E-state index contributed by atoms with van der Waals surface area (Å²) in [5.74, 6) is -3.04. The third-order valence-corrected chi connectivity index (χ3v) is 28.4. The molecule has 1 aliphatic carbocycles. The number of rotatable bonds is 62. The number of primary amides is 1. The number of carbonyl (C=O) groups is 7. The average Bonchev–Trinajstić information content (AvgIpc) is 0.741. The van der Waals surface area contributed by atoms with Crippen molar-refractivity contribution in [3.8, 4) is 22.5 Å². The van der Waals surface area contributed by atoms with Crippen LogP contribution in [0.5, 0.6) is 0 Å². The first kappa shape index (κ1) is 110. The Morgan fingerprint density at radius 1 is 0.543 bits per heavy atom. The fourth-order valence-corrected chi connectivity index (χ4v) is 20.1. The Bertz CT molecular complexity index is 4020. The smallest absolute Gasteiger partial charge is 0.336 e. The van der Waals surface area contributed by atoms with Crippen LogP contribution < -0.4 is 47.2 Å². The molecule has 728 valence electrons. The molecular formula is C84H132N9O30S6+. The molecule has 0 radical (unpaired) electrons. The Morgan fingerprint density at radius 3 is 1.48 bits per heavy atom. The highest BCUT2D eigenvalue weighted by molar-refractivity contribution is 8.77. The average molecular weight is 1940 g/mol. The number of aromatic carboxylic acids is 1. The number of fused-ring (bicyclic) bond motifs is 2. The Balaban J connectivity index is 0.982. The third-order valence-electron chi connectivity index (χ3n) is 20.9. The number of benzene rings is 3. The molecule has 0 aromatic heterocycles. The summed E-state index contributed by atoms with van der Waals surface area (Å²) in [7, 11) is 16.2. The Kier molecular flexibility index (Phi) is 50.8. The van der Waals surface area contributed by atoms with E-state index in [1.165, 1.54) is 82.7 Å². The minimum atomic E-state index is -1.47. The Labute approximate surface area is 775 Å². The SMILES string of the molecule is CC(=O)NC1C(OCCOCCOCCSSCC(NC(=O)C(CCCCNC(=O)c2ccc(-c3c4ccc(=[N+](C)C)cc-4oc4cc(N(C)C)ccc34)c(C(=O)O)c2)N(CC(=O)NC(C)CSSCCOCCOCCOC2OC(CO)C(O)C(O)C2C)CC(=O)NC(C)CSSCCOCCOCCOC2OC(CO)C(O)C(O)C2C)C(N)=O)OC(CO)C(O)C1O. The van der Waals surface area contributed by atoms with Crippen molar-refractivity contribution in [2.24, 2.45) is 17.6 Å². The standard InChI is InChI=1S/C84H131N9O30S6/c1-49(46-127-124-35-32-114-23-20-111-26-29-117-82-51(3)72(100)74(102)65(43-94)121-82)87-68(98)41-93(42-69(99)88-50(2)47-128-125-36-33-115-24-21-112-27-30-118-83-52(4)73(101)75(103)66(44-95)122-83)62(80(108)90-61(78(85)106)48-129-126-37-34-116-25-22-113-28-31-119-84-71(89-53(5)97)77(105)76(104)67(45-96)123-84)12-10-11-19-86-79(107)54-13-16-57(60(38-54)81(109)110)70-58-17-14-55(91(6)7)39-63(58)120-64-40-56(92(8)9)15-18-59(64)70/h13-18,38-40,49-52,61-62,65-67,71-77,82-84,94-96,100-105H,10-12,19-37,41-48H2,1-9H3,(H7-,85,86,87,88,89,90,97,98,99,106,107,108,109,110)/p+1. The molecule has 4 aliphatic heterocycles. The minimum absolute atomic E-state index is 0.00370. The summed E-state index contributed by atoms with van der Waals surface area (Å²) in [6, 6.07) is 11.4. The summed E-state index contributed by atoms with van der Waals surface area (Å²) in [6.07, 6.45) is -13.2. The van der Waals surface area contributed by atoms with Gasteiger partial charge in [-0.05, 0) is 69.0 Å². The molecule has 7 rings (SSSR count). The summed E-state index contributed by atoms with van der Waals surface area (Å²) in [4.78, 5) is 99.9. The van der Waals surface area contributed by atoms with Gasteiger partial charge in [-0.2, -0.15) is 0 Å². The van der Waals surface area contributed by atoms with Gasteiger partial charge in [-0.1, -0.05) is 84.7 Å². The molecule has 0 bridgehead atoms. The topological polar surface area (TPSA) is 541 Å². The van der Waals surface area contributed by atoms with E-state index in [-0.39, 0.29) is 115 Å². The summed E-state index contributed by atoms with van der Waals surface area (Å²) >= 11 is 0. The number of nitrogens with zero attached hydrogens (tertiary/aromatic N) is 3. The van der Waals surface area contributed by atoms with E-state index >= 15 is 4.79 Å². The first-order valence-corrected chi connectivity index (χ1v) is 50.3. The van der Waals surface area contributed by atoms with E-state index in [1.807, 2.05) is 87.9 Å². The van der Waals surface area contributed by atoms with Gasteiger partial charge in [0, 0.05) is 126 Å². The number of hydrogen-bond acceptors (Lipinski definition) is 37. The molecule has 3 saturated heterocycles. The van der Waals surface area contributed by atoms with Gasteiger partial charge in [-0.15, -0.1) is 0 Å². The number of carboxylic acid groups (broad SMARTS) is 1. The molecule has 0 spiro atoms. The summed E-state index contributed by atoms with van der Waals surface area (Å²) in [6.45, 7) is 8.95. The maximum Gasteiger partial charge on any atom is 0.336 e. The van der Waals surface area contributed by atoms with Gasteiger partial charge >= 0.3 is 5.97 Å². The molecule has 0 saturated carbocycles. The molecule has 2 aromatic rings. The van der Waals surface area contributed by atoms with E-state index in [9.17, 15) is 79.8 Å². The van der Waals surface area contributed by atoms with Gasteiger partial charge in [-0.25, -0.2) is 9.37 Å². The number of unbranched alkanes of at least 4 members (excludes halogenated alkanes) is 1. The molecule has 5 aliphatic rings. The second kappa shape index (κ2) is 59.3. The van der Waals surface area contributed by atoms with Crippen molar-refractivity contribution in [2.45, 2.75) is 158 Å². The summed E-state index contributed by atoms with van der Waals surface area (Å²) < 4.78 is 76.4. The monoisotopic (exact) mass is 1940 g/mol. The van der Waals surface area contributed by atoms with Gasteiger partial charge in [0.1, 0.15) is 80.3 Å². The van der Waals surface area contributed by atoms with Crippen LogP contribution in [0.2, 0.25) is 0 Å². The van der Waals surface area contributed by atoms with E-state index in [0.29, 0.717) is 88.6 Å². The highest BCUT2D eigenvalue weighted by Gasteiger charge is 2.47. The van der Waals surface area contributed by atoms with E-state index in [2.05, 4.69) is 26.6 Å². The van der Waals surface area contributed by atoms with Gasteiger partial charge in [0.2, 0.25) is 34.9 Å². The fourth-order valence-electron chi connectivity index (χ4n) is 13.8. The van der Waals surface area contributed by atoms with Gasteiger partial charge in [0.25, 0.3) is 5.91 Å². The molecule has 129 heavy (non-hydrogen) atoms. The van der Waals surface area contributed by atoms with Crippen LogP contribution in [0.15, 0.2) is 59.0 Å². The Morgan fingerprint density at radius 2 is 1.01 bits per heavy atom. The zero-order chi connectivity index (χ0) is 94.1. The van der Waals surface area contributed by atoms with Gasteiger partial charge in [0.15, 0.2) is 18.9 Å². The second-order valence-electron chi connectivity index (χ2n) is 31.4. The molecule has 19 unspecified atom stereocenters. The van der Waals surface area contributed by atoms with E-state index in [0.717, 1.165) is 11.0 Å². The lowest BCUT2D eigenvalue weighted by Gasteiger charge is -2.42. The third kappa shape index (κ3) is 36.5. The van der Waals surface area contributed by atoms with Gasteiger partial charge in [0.05, 0.1) is 162 Å². The number of aliphatic hydroxyl groups excluding tert-OH is 9. The number of carbonyl (C=O) groups excluding carboxylic acids is 6. The largest absolute Gasteiger partial charge is 0.478 e. The molecule has 45 heteroatoms. The molecule has 2 aromatic carbocycles. The number of nitrogens with two attached hydrogens (primary N) is 1. The zero-order valence-corrected chi connectivity index (χ0v) is 79.3. The number of nitrogens with one attached hydrogen (secondary N) is 5. The van der Waals surface area contributed by atoms with Gasteiger partial charge < -0.3 is 150 Å². The van der Waals surface area contributed by atoms with E-state index in [1.54, 1.807) is 26.0 Å². The molecule has 4 heterocycles.